The van der Waals surface area contributed by atoms with Crippen molar-refractivity contribution in [2.24, 2.45) is 0 Å². The van der Waals surface area contributed by atoms with Crippen molar-refractivity contribution in [3.05, 3.63) is 46.2 Å². The van der Waals surface area contributed by atoms with Crippen LogP contribution >= 0.6 is 11.6 Å². The van der Waals surface area contributed by atoms with E-state index in [-0.39, 0.29) is 12.7 Å². The maximum atomic E-state index is 9.42. The minimum atomic E-state index is -0.127. The maximum absolute atomic E-state index is 9.42. The molecule has 6 heteroatoms. The molecule has 1 N–H and O–H groups in total. The topological polar surface area (TPSA) is 60.2 Å². The van der Waals surface area contributed by atoms with Gasteiger partial charge in [-0.05, 0) is 24.5 Å². The van der Waals surface area contributed by atoms with Crippen LogP contribution in [0.5, 0.6) is 0 Å². The fourth-order valence-corrected chi connectivity index (χ4v) is 2.71. The van der Waals surface area contributed by atoms with E-state index in [9.17, 15) is 5.11 Å². The summed E-state index contributed by atoms with van der Waals surface area (Å²) in [5.74, 6) is 0. The zero-order chi connectivity index (χ0) is 13.9. The molecule has 1 aliphatic heterocycles. The van der Waals surface area contributed by atoms with E-state index >= 15 is 0 Å². The van der Waals surface area contributed by atoms with Gasteiger partial charge in [-0.25, -0.2) is 4.68 Å². The van der Waals surface area contributed by atoms with Crippen molar-refractivity contribution in [1.82, 2.24) is 15.0 Å². The monoisotopic (exact) mass is 293 g/mol. The number of aliphatic hydroxyl groups excluding tert-OH is 1. The normalized spacial score (nSPS) is 18.6. The molecule has 20 heavy (non-hydrogen) atoms. The number of aliphatic hydroxyl groups is 1. The zero-order valence-electron chi connectivity index (χ0n) is 11.0. The highest BCUT2D eigenvalue weighted by Crippen LogP contribution is 2.30. The highest BCUT2D eigenvalue weighted by molar-refractivity contribution is 6.31. The minimum Gasteiger partial charge on any atom is -0.390 e. The molecule has 0 saturated carbocycles. The first-order chi connectivity index (χ1) is 9.79. The Balaban J connectivity index is 1.93. The number of hydrogen-bond donors (Lipinski definition) is 1. The van der Waals surface area contributed by atoms with Crippen LogP contribution in [0.25, 0.3) is 0 Å². The molecule has 2 heterocycles. The van der Waals surface area contributed by atoms with Gasteiger partial charge in [0.25, 0.3) is 0 Å². The summed E-state index contributed by atoms with van der Waals surface area (Å²) in [7, 11) is 0. The average Bonchev–Trinajstić information content (AvgIpc) is 3.09. The Morgan fingerprint density at radius 2 is 2.25 bits per heavy atom. The Morgan fingerprint density at radius 1 is 1.40 bits per heavy atom. The maximum Gasteiger partial charge on any atom is 0.114 e. The second kappa shape index (κ2) is 5.91. The molecule has 0 aliphatic carbocycles. The first kappa shape index (κ1) is 13.5. The van der Waals surface area contributed by atoms with Crippen LogP contribution in [0.3, 0.4) is 0 Å². The molecular weight excluding hydrogens is 278 g/mol. The molecule has 0 spiro atoms. The van der Waals surface area contributed by atoms with Crippen molar-refractivity contribution in [3.8, 4) is 0 Å². The minimum absolute atomic E-state index is 0.0327. The predicted molar refractivity (Wildman–Crippen MR) is 74.4 cm³/mol. The molecule has 1 atom stereocenters. The molecule has 1 aromatic heterocycles. The Labute approximate surface area is 122 Å². The standard InChI is InChI=1S/C14H16ClN3O2/c15-11-5-2-1-4-10(11)8-18-14(12(9-19)16-17-18)13-6-3-7-20-13/h1-2,4-5,13,19H,3,6-9H2. The zero-order valence-corrected chi connectivity index (χ0v) is 11.8. The van der Waals surface area contributed by atoms with E-state index in [1.54, 1.807) is 4.68 Å². The summed E-state index contributed by atoms with van der Waals surface area (Å²) in [4.78, 5) is 0. The number of ether oxygens (including phenoxy) is 1. The van der Waals surface area contributed by atoms with Crippen LogP contribution in [0, 0.1) is 0 Å². The lowest BCUT2D eigenvalue weighted by molar-refractivity contribution is 0.102. The van der Waals surface area contributed by atoms with Crippen LogP contribution in [0.1, 0.15) is 35.9 Å². The van der Waals surface area contributed by atoms with E-state index in [1.807, 2.05) is 24.3 Å². The lowest BCUT2D eigenvalue weighted by atomic mass is 10.1. The van der Waals surface area contributed by atoms with E-state index in [2.05, 4.69) is 10.3 Å². The molecule has 3 rings (SSSR count). The second-order valence-corrected chi connectivity index (χ2v) is 5.24. The molecule has 0 bridgehead atoms. The van der Waals surface area contributed by atoms with Crippen LogP contribution in [0.4, 0.5) is 0 Å². The Kier molecular flexibility index (Phi) is 4.00. The van der Waals surface area contributed by atoms with Crippen LogP contribution in [-0.4, -0.2) is 26.7 Å². The highest BCUT2D eigenvalue weighted by Gasteiger charge is 2.26. The molecule has 0 radical (unpaired) electrons. The quantitative estimate of drug-likeness (QED) is 0.940. The summed E-state index contributed by atoms with van der Waals surface area (Å²) >= 11 is 6.18. The largest absolute Gasteiger partial charge is 0.390 e. The Bertz CT molecular complexity index is 594. The van der Waals surface area contributed by atoms with Gasteiger partial charge in [0, 0.05) is 11.6 Å². The van der Waals surface area contributed by atoms with Crippen molar-refractivity contribution < 1.29 is 9.84 Å². The van der Waals surface area contributed by atoms with E-state index in [4.69, 9.17) is 16.3 Å². The summed E-state index contributed by atoms with van der Waals surface area (Å²) in [5.41, 5.74) is 2.43. The third-order valence-corrected chi connectivity index (χ3v) is 3.88. The van der Waals surface area contributed by atoms with E-state index < -0.39 is 0 Å². The number of benzene rings is 1. The fourth-order valence-electron chi connectivity index (χ4n) is 2.52. The van der Waals surface area contributed by atoms with Crippen LogP contribution in [0.15, 0.2) is 24.3 Å². The molecule has 2 aromatic rings. The second-order valence-electron chi connectivity index (χ2n) is 4.83. The third kappa shape index (κ3) is 2.57. The molecule has 5 nitrogen and oxygen atoms in total. The van der Waals surface area contributed by atoms with Crippen molar-refractivity contribution in [3.63, 3.8) is 0 Å². The number of aromatic nitrogens is 3. The Hall–Kier alpha value is -1.43. The molecule has 0 amide bonds. The first-order valence-electron chi connectivity index (χ1n) is 6.67. The van der Waals surface area contributed by atoms with Gasteiger partial charge in [-0.2, -0.15) is 0 Å². The highest BCUT2D eigenvalue weighted by atomic mass is 35.5. The summed E-state index contributed by atoms with van der Waals surface area (Å²) in [6.07, 6.45) is 1.92. The third-order valence-electron chi connectivity index (χ3n) is 3.51. The smallest absolute Gasteiger partial charge is 0.114 e. The van der Waals surface area contributed by atoms with E-state index in [0.717, 1.165) is 30.7 Å². The van der Waals surface area contributed by atoms with Crippen LogP contribution in [-0.2, 0) is 17.9 Å². The van der Waals surface area contributed by atoms with Gasteiger partial charge in [0.05, 0.1) is 18.8 Å². The fraction of sp³-hybridized carbons (Fsp3) is 0.429. The predicted octanol–water partition coefficient (Wildman–Crippen LogP) is 2.32. The van der Waals surface area contributed by atoms with Crippen molar-refractivity contribution in [2.75, 3.05) is 6.61 Å². The molecule has 1 fully saturated rings. The van der Waals surface area contributed by atoms with Gasteiger partial charge in [-0.15, -0.1) is 5.10 Å². The number of rotatable bonds is 4. The molecule has 1 unspecified atom stereocenters. The lowest BCUT2D eigenvalue weighted by Gasteiger charge is -2.13. The summed E-state index contributed by atoms with van der Waals surface area (Å²) in [6, 6.07) is 7.65. The average molecular weight is 294 g/mol. The van der Waals surface area contributed by atoms with Gasteiger partial charge < -0.3 is 9.84 Å². The van der Waals surface area contributed by atoms with Gasteiger partial charge >= 0.3 is 0 Å². The summed E-state index contributed by atoms with van der Waals surface area (Å²) in [6.45, 7) is 1.15. The molecular formula is C14H16ClN3O2. The first-order valence-corrected chi connectivity index (χ1v) is 7.05. The number of nitrogens with zero attached hydrogens (tertiary/aromatic N) is 3. The molecule has 1 aliphatic rings. The lowest BCUT2D eigenvalue weighted by Crippen LogP contribution is -2.12. The van der Waals surface area contributed by atoms with Crippen molar-refractivity contribution in [2.45, 2.75) is 32.1 Å². The number of halogens is 1. The summed E-state index contributed by atoms with van der Waals surface area (Å²) in [5, 5.41) is 18.3. The summed E-state index contributed by atoms with van der Waals surface area (Å²) < 4.78 is 7.48. The SMILES string of the molecule is OCc1nnn(Cc2ccccc2Cl)c1C1CCCO1. The molecule has 1 saturated heterocycles. The molecule has 1 aromatic carbocycles. The molecule has 106 valence electrons. The Morgan fingerprint density at radius 3 is 2.95 bits per heavy atom. The van der Waals surface area contributed by atoms with Crippen LogP contribution in [0.2, 0.25) is 5.02 Å². The van der Waals surface area contributed by atoms with Crippen molar-refractivity contribution >= 4 is 11.6 Å². The number of hydrogen-bond acceptors (Lipinski definition) is 4. The van der Waals surface area contributed by atoms with E-state index in [0.29, 0.717) is 17.3 Å². The van der Waals surface area contributed by atoms with E-state index in [1.165, 1.54) is 0 Å². The van der Waals surface area contributed by atoms with Gasteiger partial charge in [0.15, 0.2) is 0 Å². The van der Waals surface area contributed by atoms with Gasteiger partial charge in [-0.1, -0.05) is 35.0 Å². The van der Waals surface area contributed by atoms with Gasteiger partial charge in [0.1, 0.15) is 11.8 Å². The van der Waals surface area contributed by atoms with Gasteiger partial charge in [0.2, 0.25) is 0 Å². The van der Waals surface area contributed by atoms with Crippen molar-refractivity contribution in [1.29, 1.82) is 0 Å². The van der Waals surface area contributed by atoms with Crippen LogP contribution < -0.4 is 0 Å². The van der Waals surface area contributed by atoms with Gasteiger partial charge in [-0.3, -0.25) is 0 Å².